The second-order valence-corrected chi connectivity index (χ2v) is 5.97. The van der Waals surface area contributed by atoms with Crippen molar-refractivity contribution in [3.05, 3.63) is 34.3 Å². The number of likely N-dealkylation sites (tertiary alicyclic amines) is 1. The van der Waals surface area contributed by atoms with E-state index in [1.807, 2.05) is 6.07 Å². The van der Waals surface area contributed by atoms with Crippen LogP contribution < -0.4 is 0 Å². The number of halogens is 1. The fourth-order valence-corrected chi connectivity index (χ4v) is 3.79. The highest BCUT2D eigenvalue weighted by Crippen LogP contribution is 2.40. The van der Waals surface area contributed by atoms with Crippen molar-refractivity contribution in [2.45, 2.75) is 44.2 Å². The summed E-state index contributed by atoms with van der Waals surface area (Å²) in [4.78, 5) is 13.4. The van der Waals surface area contributed by atoms with E-state index in [4.69, 9.17) is 16.7 Å². The van der Waals surface area contributed by atoms with E-state index in [-0.39, 0.29) is 12.5 Å². The number of fused-ring (bicyclic) bond motifs is 1. The molecule has 19 heavy (non-hydrogen) atoms. The summed E-state index contributed by atoms with van der Waals surface area (Å²) in [6, 6.07) is 6.70. The quantitative estimate of drug-likeness (QED) is 0.923. The second-order valence-electron chi connectivity index (χ2n) is 5.53. The van der Waals surface area contributed by atoms with Crippen molar-refractivity contribution in [1.29, 1.82) is 0 Å². The van der Waals surface area contributed by atoms with Gasteiger partial charge in [0, 0.05) is 17.1 Å². The smallest absolute Gasteiger partial charge is 0.304 e. The third-order valence-electron chi connectivity index (χ3n) is 4.38. The Morgan fingerprint density at radius 3 is 3.05 bits per heavy atom. The van der Waals surface area contributed by atoms with E-state index in [9.17, 15) is 4.79 Å². The Morgan fingerprint density at radius 2 is 2.26 bits per heavy atom. The van der Waals surface area contributed by atoms with E-state index < -0.39 is 5.97 Å². The SMILES string of the molecule is O=C(O)CC1CCCN1C1CCc2cc(Cl)ccc21. The van der Waals surface area contributed by atoms with Gasteiger partial charge in [-0.25, -0.2) is 0 Å². The van der Waals surface area contributed by atoms with Crippen molar-refractivity contribution >= 4 is 17.6 Å². The minimum Gasteiger partial charge on any atom is -0.481 e. The van der Waals surface area contributed by atoms with Crippen LogP contribution in [0.1, 0.15) is 42.9 Å². The molecule has 2 atom stereocenters. The maximum atomic E-state index is 11.0. The number of carboxylic acids is 1. The maximum Gasteiger partial charge on any atom is 0.304 e. The van der Waals surface area contributed by atoms with Crippen LogP contribution in [0.25, 0.3) is 0 Å². The van der Waals surface area contributed by atoms with Crippen molar-refractivity contribution in [3.8, 4) is 0 Å². The van der Waals surface area contributed by atoms with Gasteiger partial charge in [-0.3, -0.25) is 9.69 Å². The molecule has 0 saturated carbocycles. The Balaban J connectivity index is 1.82. The lowest BCUT2D eigenvalue weighted by atomic mass is 10.0. The van der Waals surface area contributed by atoms with E-state index >= 15 is 0 Å². The van der Waals surface area contributed by atoms with Crippen LogP contribution in [0.5, 0.6) is 0 Å². The first-order valence-electron chi connectivity index (χ1n) is 6.91. The Kier molecular flexibility index (Phi) is 3.50. The third kappa shape index (κ3) is 2.49. The van der Waals surface area contributed by atoms with E-state index in [0.717, 1.165) is 37.3 Å². The molecule has 1 aliphatic heterocycles. The van der Waals surface area contributed by atoms with Gasteiger partial charge in [-0.05, 0) is 55.5 Å². The summed E-state index contributed by atoms with van der Waals surface area (Å²) in [6.07, 6.45) is 4.52. The van der Waals surface area contributed by atoms with Gasteiger partial charge in [-0.2, -0.15) is 0 Å². The summed E-state index contributed by atoms with van der Waals surface area (Å²) in [5.41, 5.74) is 2.68. The summed E-state index contributed by atoms with van der Waals surface area (Å²) < 4.78 is 0. The third-order valence-corrected chi connectivity index (χ3v) is 4.62. The zero-order valence-corrected chi connectivity index (χ0v) is 11.6. The standard InChI is InChI=1S/C15H18ClNO2/c16-11-4-5-13-10(8-11)3-6-14(13)17-7-1-2-12(17)9-15(18)19/h4-5,8,12,14H,1-3,6-7,9H2,(H,18,19). The number of hydrogen-bond acceptors (Lipinski definition) is 2. The Labute approximate surface area is 118 Å². The molecule has 1 N–H and O–H groups in total. The molecule has 1 aromatic carbocycles. The molecule has 1 fully saturated rings. The van der Waals surface area contributed by atoms with E-state index in [2.05, 4.69) is 17.0 Å². The van der Waals surface area contributed by atoms with Crippen LogP contribution >= 0.6 is 11.6 Å². The van der Waals surface area contributed by atoms with Crippen LogP contribution in [0.2, 0.25) is 5.02 Å². The minimum absolute atomic E-state index is 0.198. The number of aliphatic carboxylic acids is 1. The average molecular weight is 280 g/mol. The average Bonchev–Trinajstić information content (AvgIpc) is 2.93. The van der Waals surface area contributed by atoms with Crippen LogP contribution in [0.3, 0.4) is 0 Å². The largest absolute Gasteiger partial charge is 0.481 e. The summed E-state index contributed by atoms with van der Waals surface area (Å²) in [5, 5.41) is 9.82. The number of aryl methyl sites for hydroxylation is 1. The fraction of sp³-hybridized carbons (Fsp3) is 0.533. The molecular formula is C15H18ClNO2. The second kappa shape index (κ2) is 5.14. The highest BCUT2D eigenvalue weighted by Gasteiger charge is 2.35. The predicted molar refractivity (Wildman–Crippen MR) is 74.5 cm³/mol. The number of nitrogens with zero attached hydrogens (tertiary/aromatic N) is 1. The molecule has 102 valence electrons. The van der Waals surface area contributed by atoms with Crippen molar-refractivity contribution in [1.82, 2.24) is 4.90 Å². The summed E-state index contributed by atoms with van der Waals surface area (Å²) in [7, 11) is 0. The van der Waals surface area contributed by atoms with E-state index in [0.29, 0.717) is 6.04 Å². The van der Waals surface area contributed by atoms with Gasteiger partial charge in [0.2, 0.25) is 0 Å². The molecular weight excluding hydrogens is 262 g/mol. The zero-order chi connectivity index (χ0) is 13.4. The van der Waals surface area contributed by atoms with Crippen LogP contribution in [-0.2, 0) is 11.2 Å². The van der Waals surface area contributed by atoms with Gasteiger partial charge in [0.15, 0.2) is 0 Å². The first-order chi connectivity index (χ1) is 9.15. The number of carbonyl (C=O) groups is 1. The van der Waals surface area contributed by atoms with Crippen LogP contribution in [0, 0.1) is 0 Å². The molecule has 1 aliphatic carbocycles. The minimum atomic E-state index is -0.689. The van der Waals surface area contributed by atoms with Crippen LogP contribution in [0.15, 0.2) is 18.2 Å². The molecule has 0 amide bonds. The summed E-state index contributed by atoms with van der Waals surface area (Å²) >= 11 is 6.04. The van der Waals surface area contributed by atoms with Gasteiger partial charge < -0.3 is 5.11 Å². The van der Waals surface area contributed by atoms with Gasteiger partial charge in [-0.1, -0.05) is 17.7 Å². The molecule has 0 bridgehead atoms. The lowest BCUT2D eigenvalue weighted by Crippen LogP contribution is -2.34. The van der Waals surface area contributed by atoms with Crippen molar-refractivity contribution in [2.75, 3.05) is 6.54 Å². The normalized spacial score (nSPS) is 26.6. The van der Waals surface area contributed by atoms with Gasteiger partial charge in [0.25, 0.3) is 0 Å². The van der Waals surface area contributed by atoms with Gasteiger partial charge >= 0.3 is 5.97 Å². The van der Waals surface area contributed by atoms with E-state index in [1.54, 1.807) is 0 Å². The lowest BCUT2D eigenvalue weighted by Gasteiger charge is -2.30. The highest BCUT2D eigenvalue weighted by atomic mass is 35.5. The topological polar surface area (TPSA) is 40.5 Å². The fourth-order valence-electron chi connectivity index (χ4n) is 3.60. The zero-order valence-electron chi connectivity index (χ0n) is 10.8. The molecule has 2 unspecified atom stereocenters. The van der Waals surface area contributed by atoms with Crippen LogP contribution in [0.4, 0.5) is 0 Å². The number of hydrogen-bond donors (Lipinski definition) is 1. The molecule has 1 heterocycles. The van der Waals surface area contributed by atoms with Gasteiger partial charge in [0.1, 0.15) is 0 Å². The first-order valence-corrected chi connectivity index (χ1v) is 7.29. The first kappa shape index (κ1) is 12.9. The van der Waals surface area contributed by atoms with Crippen LogP contribution in [-0.4, -0.2) is 28.6 Å². The number of carboxylic acid groups (broad SMARTS) is 1. The monoisotopic (exact) mass is 279 g/mol. The number of rotatable bonds is 3. The molecule has 0 radical (unpaired) electrons. The summed E-state index contributed by atoms with van der Waals surface area (Å²) in [5.74, 6) is -0.689. The summed E-state index contributed by atoms with van der Waals surface area (Å²) in [6.45, 7) is 1.02. The van der Waals surface area contributed by atoms with Crippen molar-refractivity contribution in [3.63, 3.8) is 0 Å². The molecule has 2 aliphatic rings. The van der Waals surface area contributed by atoms with Crippen molar-refractivity contribution < 1.29 is 9.90 Å². The number of benzene rings is 1. The molecule has 0 spiro atoms. The van der Waals surface area contributed by atoms with Gasteiger partial charge in [-0.15, -0.1) is 0 Å². The lowest BCUT2D eigenvalue weighted by molar-refractivity contribution is -0.138. The molecule has 0 aromatic heterocycles. The molecule has 1 saturated heterocycles. The van der Waals surface area contributed by atoms with Gasteiger partial charge in [0.05, 0.1) is 6.42 Å². The van der Waals surface area contributed by atoms with Crippen molar-refractivity contribution in [2.24, 2.45) is 0 Å². The molecule has 4 heteroatoms. The maximum absolute atomic E-state index is 11.0. The predicted octanol–water partition coefficient (Wildman–Crippen LogP) is 3.27. The Hall–Kier alpha value is -1.06. The Morgan fingerprint density at radius 1 is 1.42 bits per heavy atom. The van der Waals surface area contributed by atoms with E-state index in [1.165, 1.54) is 11.1 Å². The molecule has 1 aromatic rings. The Bertz CT molecular complexity index is 503. The molecule has 3 nitrogen and oxygen atoms in total. The highest BCUT2D eigenvalue weighted by molar-refractivity contribution is 6.30. The molecule has 3 rings (SSSR count).